The Hall–Kier alpha value is -2.17. The Kier molecular flexibility index (Phi) is 7.24. The van der Waals surface area contributed by atoms with Crippen molar-refractivity contribution in [1.29, 1.82) is 0 Å². The number of piperidine rings is 1. The SMILES string of the molecule is COc1ccc(C(C)=O)cc1CN1CCC(CN(C)Cc2ccccc2)CC1. The van der Waals surface area contributed by atoms with E-state index in [1.807, 2.05) is 18.2 Å². The van der Waals surface area contributed by atoms with Crippen molar-refractivity contribution in [2.24, 2.45) is 5.92 Å². The van der Waals surface area contributed by atoms with Gasteiger partial charge in [-0.2, -0.15) is 0 Å². The molecule has 1 heterocycles. The average molecular weight is 381 g/mol. The van der Waals surface area contributed by atoms with Crippen molar-refractivity contribution in [2.75, 3.05) is 33.8 Å². The fourth-order valence-electron chi connectivity index (χ4n) is 4.09. The number of rotatable bonds is 8. The molecule has 3 rings (SSSR count). The van der Waals surface area contributed by atoms with E-state index < -0.39 is 0 Å². The van der Waals surface area contributed by atoms with Crippen LogP contribution in [0.3, 0.4) is 0 Å². The molecule has 2 aromatic carbocycles. The van der Waals surface area contributed by atoms with Crippen molar-refractivity contribution in [3.8, 4) is 5.75 Å². The minimum absolute atomic E-state index is 0.101. The van der Waals surface area contributed by atoms with Crippen LogP contribution in [-0.2, 0) is 13.1 Å². The Bertz CT molecular complexity index is 767. The minimum Gasteiger partial charge on any atom is -0.496 e. The quantitative estimate of drug-likeness (QED) is 0.641. The third kappa shape index (κ3) is 5.66. The Morgan fingerprint density at radius 1 is 1.14 bits per heavy atom. The lowest BCUT2D eigenvalue weighted by Crippen LogP contribution is -2.37. The van der Waals surface area contributed by atoms with Crippen LogP contribution >= 0.6 is 0 Å². The van der Waals surface area contributed by atoms with E-state index in [1.54, 1.807) is 14.0 Å². The maximum absolute atomic E-state index is 11.7. The van der Waals surface area contributed by atoms with E-state index in [4.69, 9.17) is 4.74 Å². The van der Waals surface area contributed by atoms with E-state index in [1.165, 1.54) is 18.4 Å². The highest BCUT2D eigenvalue weighted by atomic mass is 16.5. The zero-order chi connectivity index (χ0) is 19.9. The third-order valence-electron chi connectivity index (χ3n) is 5.65. The average Bonchev–Trinajstić information content (AvgIpc) is 2.70. The van der Waals surface area contributed by atoms with E-state index >= 15 is 0 Å². The number of ketones is 1. The number of Topliss-reactive ketones (excluding diaryl/α,β-unsaturated/α-hetero) is 1. The van der Waals surface area contributed by atoms with Crippen LogP contribution in [0.4, 0.5) is 0 Å². The van der Waals surface area contributed by atoms with Crippen molar-refractivity contribution in [1.82, 2.24) is 9.80 Å². The molecule has 150 valence electrons. The van der Waals surface area contributed by atoms with Gasteiger partial charge in [-0.05, 0) is 69.6 Å². The fourth-order valence-corrected chi connectivity index (χ4v) is 4.09. The van der Waals surface area contributed by atoms with Crippen LogP contribution in [0.1, 0.15) is 41.3 Å². The van der Waals surface area contributed by atoms with Crippen molar-refractivity contribution in [2.45, 2.75) is 32.9 Å². The first-order valence-electron chi connectivity index (χ1n) is 10.2. The van der Waals surface area contributed by atoms with Crippen LogP contribution < -0.4 is 4.74 Å². The van der Waals surface area contributed by atoms with Crippen LogP contribution in [0.15, 0.2) is 48.5 Å². The van der Waals surface area contributed by atoms with Gasteiger partial charge in [-0.25, -0.2) is 0 Å². The summed E-state index contributed by atoms with van der Waals surface area (Å²) in [7, 11) is 3.92. The first-order chi connectivity index (χ1) is 13.5. The molecular weight excluding hydrogens is 348 g/mol. The van der Waals surface area contributed by atoms with Crippen molar-refractivity contribution < 1.29 is 9.53 Å². The van der Waals surface area contributed by atoms with Gasteiger partial charge < -0.3 is 9.64 Å². The van der Waals surface area contributed by atoms with Gasteiger partial charge in [0.05, 0.1) is 7.11 Å². The molecule has 0 saturated carbocycles. The van der Waals surface area contributed by atoms with Crippen molar-refractivity contribution in [3.05, 3.63) is 65.2 Å². The number of hydrogen-bond donors (Lipinski definition) is 0. The van der Waals surface area contributed by atoms with Gasteiger partial charge in [0.2, 0.25) is 0 Å². The second kappa shape index (κ2) is 9.85. The Balaban J connectivity index is 1.50. The molecule has 1 fully saturated rings. The summed E-state index contributed by atoms with van der Waals surface area (Å²) < 4.78 is 5.51. The van der Waals surface area contributed by atoms with E-state index in [9.17, 15) is 4.79 Å². The van der Waals surface area contributed by atoms with Gasteiger partial charge >= 0.3 is 0 Å². The minimum atomic E-state index is 0.101. The molecule has 0 spiro atoms. The molecule has 1 aliphatic heterocycles. The maximum Gasteiger partial charge on any atom is 0.159 e. The summed E-state index contributed by atoms with van der Waals surface area (Å²) in [5.41, 5.74) is 3.24. The van der Waals surface area contributed by atoms with Gasteiger partial charge in [0.1, 0.15) is 5.75 Å². The number of hydrogen-bond acceptors (Lipinski definition) is 4. The molecule has 0 atom stereocenters. The van der Waals surface area contributed by atoms with Crippen LogP contribution in [0.2, 0.25) is 0 Å². The molecule has 4 heteroatoms. The first-order valence-corrected chi connectivity index (χ1v) is 10.2. The van der Waals surface area contributed by atoms with E-state index in [0.717, 1.165) is 55.5 Å². The lowest BCUT2D eigenvalue weighted by atomic mass is 9.95. The Morgan fingerprint density at radius 3 is 2.50 bits per heavy atom. The third-order valence-corrected chi connectivity index (χ3v) is 5.65. The van der Waals surface area contributed by atoms with Crippen LogP contribution in [0.25, 0.3) is 0 Å². The normalized spacial score (nSPS) is 15.7. The highest BCUT2D eigenvalue weighted by Crippen LogP contribution is 2.25. The predicted molar refractivity (Wildman–Crippen MR) is 114 cm³/mol. The summed E-state index contributed by atoms with van der Waals surface area (Å²) in [5.74, 6) is 1.72. The van der Waals surface area contributed by atoms with Gasteiger partial charge in [-0.15, -0.1) is 0 Å². The molecule has 28 heavy (non-hydrogen) atoms. The summed E-state index contributed by atoms with van der Waals surface area (Å²) >= 11 is 0. The van der Waals surface area contributed by atoms with E-state index in [0.29, 0.717) is 0 Å². The van der Waals surface area contributed by atoms with E-state index in [-0.39, 0.29) is 5.78 Å². The number of ether oxygens (including phenoxy) is 1. The number of carbonyl (C=O) groups excluding carboxylic acids is 1. The maximum atomic E-state index is 11.7. The molecule has 0 aliphatic carbocycles. The first kappa shape index (κ1) is 20.6. The van der Waals surface area contributed by atoms with Crippen LogP contribution in [-0.4, -0.2) is 49.4 Å². The van der Waals surface area contributed by atoms with Gasteiger partial charge in [0.25, 0.3) is 0 Å². The molecular formula is C24H32N2O2. The molecule has 1 saturated heterocycles. The summed E-state index contributed by atoms with van der Waals surface area (Å²) in [4.78, 5) is 16.6. The highest BCUT2D eigenvalue weighted by molar-refractivity contribution is 5.94. The number of benzene rings is 2. The highest BCUT2D eigenvalue weighted by Gasteiger charge is 2.21. The standard InChI is InChI=1S/C24H32N2O2/c1-19(27)22-9-10-24(28-3)23(15-22)18-26-13-11-21(12-14-26)17-25(2)16-20-7-5-4-6-8-20/h4-10,15,21H,11-14,16-18H2,1-3H3. The number of carbonyl (C=O) groups is 1. The zero-order valence-corrected chi connectivity index (χ0v) is 17.4. The van der Waals surface area contributed by atoms with Crippen molar-refractivity contribution >= 4 is 5.78 Å². The van der Waals surface area contributed by atoms with Gasteiger partial charge in [-0.3, -0.25) is 9.69 Å². The molecule has 0 bridgehead atoms. The number of nitrogens with zero attached hydrogens (tertiary/aromatic N) is 2. The molecule has 2 aromatic rings. The molecule has 0 amide bonds. The lowest BCUT2D eigenvalue weighted by molar-refractivity contribution is 0.101. The topological polar surface area (TPSA) is 32.8 Å². The fraction of sp³-hybridized carbons (Fsp3) is 0.458. The van der Waals surface area contributed by atoms with E-state index in [2.05, 4.69) is 47.2 Å². The molecule has 0 radical (unpaired) electrons. The summed E-state index contributed by atoms with van der Waals surface area (Å²) in [5, 5.41) is 0. The van der Waals surface area contributed by atoms with Crippen molar-refractivity contribution in [3.63, 3.8) is 0 Å². The second-order valence-electron chi connectivity index (χ2n) is 7.98. The number of methoxy groups -OCH3 is 1. The largest absolute Gasteiger partial charge is 0.496 e. The summed E-state index contributed by atoms with van der Waals surface area (Å²) in [6.45, 7) is 6.80. The smallest absolute Gasteiger partial charge is 0.159 e. The monoisotopic (exact) mass is 380 g/mol. The van der Waals surface area contributed by atoms with Gasteiger partial charge in [0, 0.05) is 30.8 Å². The second-order valence-corrected chi connectivity index (χ2v) is 7.98. The predicted octanol–water partition coefficient (Wildman–Crippen LogP) is 4.24. The molecule has 0 unspecified atom stereocenters. The number of likely N-dealkylation sites (tertiary alicyclic amines) is 1. The molecule has 0 aromatic heterocycles. The Labute approximate surface area is 169 Å². The van der Waals surface area contributed by atoms with Gasteiger partial charge in [0.15, 0.2) is 5.78 Å². The van der Waals surface area contributed by atoms with Crippen LogP contribution in [0.5, 0.6) is 5.75 Å². The molecule has 4 nitrogen and oxygen atoms in total. The van der Waals surface area contributed by atoms with Gasteiger partial charge in [-0.1, -0.05) is 30.3 Å². The molecule has 1 aliphatic rings. The zero-order valence-electron chi connectivity index (χ0n) is 17.4. The summed E-state index contributed by atoms with van der Waals surface area (Å²) in [6, 6.07) is 16.4. The Morgan fingerprint density at radius 2 is 1.86 bits per heavy atom. The van der Waals surface area contributed by atoms with Crippen LogP contribution in [0, 0.1) is 5.92 Å². The lowest BCUT2D eigenvalue weighted by Gasteiger charge is -2.34. The summed E-state index contributed by atoms with van der Waals surface area (Å²) in [6.07, 6.45) is 2.43. The molecule has 0 N–H and O–H groups in total.